The molecule has 1 heterocycles. The van der Waals surface area contributed by atoms with E-state index in [1.54, 1.807) is 29.1 Å². The van der Waals surface area contributed by atoms with Gasteiger partial charge in [0, 0.05) is 29.2 Å². The van der Waals surface area contributed by atoms with Crippen LogP contribution in [0.4, 0.5) is 10.1 Å². The Labute approximate surface area is 104 Å². The van der Waals surface area contributed by atoms with Gasteiger partial charge in [-0.2, -0.15) is 5.10 Å². The van der Waals surface area contributed by atoms with Crippen LogP contribution < -0.4 is 5.73 Å². The van der Waals surface area contributed by atoms with Crippen molar-refractivity contribution in [1.82, 2.24) is 9.78 Å². The second-order valence-corrected chi connectivity index (χ2v) is 4.25. The third-order valence-corrected chi connectivity index (χ3v) is 3.08. The van der Waals surface area contributed by atoms with Gasteiger partial charge in [-0.3, -0.25) is 4.68 Å². The first-order valence-corrected chi connectivity index (χ1v) is 5.63. The quantitative estimate of drug-likeness (QED) is 0.666. The van der Waals surface area contributed by atoms with Crippen LogP contribution in [0.3, 0.4) is 0 Å². The fourth-order valence-electron chi connectivity index (χ4n) is 2.13. The lowest BCUT2D eigenvalue weighted by Gasteiger charge is -2.08. The molecule has 3 aromatic rings. The average Bonchev–Trinajstić information content (AvgIpc) is 2.70. The van der Waals surface area contributed by atoms with Crippen LogP contribution in [0.1, 0.15) is 0 Å². The molecule has 0 radical (unpaired) electrons. The highest BCUT2D eigenvalue weighted by molar-refractivity contribution is 5.91. The van der Waals surface area contributed by atoms with Crippen LogP contribution in [-0.4, -0.2) is 9.78 Å². The molecule has 0 fully saturated rings. The molecule has 18 heavy (non-hydrogen) atoms. The van der Waals surface area contributed by atoms with Gasteiger partial charge in [0.2, 0.25) is 0 Å². The molecule has 0 saturated heterocycles. The van der Waals surface area contributed by atoms with Crippen molar-refractivity contribution in [3.8, 4) is 11.1 Å². The highest BCUT2D eigenvalue weighted by Crippen LogP contribution is 2.31. The Hall–Kier alpha value is -2.36. The predicted octanol–water partition coefficient (Wildman–Crippen LogP) is 2.96. The number of hydrogen-bond acceptors (Lipinski definition) is 2. The molecule has 0 unspecified atom stereocenters. The number of benzene rings is 2. The van der Waals surface area contributed by atoms with Gasteiger partial charge in [0.25, 0.3) is 0 Å². The van der Waals surface area contributed by atoms with E-state index in [9.17, 15) is 4.39 Å². The first-order valence-electron chi connectivity index (χ1n) is 5.63. The summed E-state index contributed by atoms with van der Waals surface area (Å²) >= 11 is 0. The average molecular weight is 241 g/mol. The van der Waals surface area contributed by atoms with Crippen LogP contribution in [-0.2, 0) is 7.05 Å². The van der Waals surface area contributed by atoms with Crippen LogP contribution in [0.15, 0.2) is 42.6 Å². The molecule has 0 amide bonds. The molecule has 0 bridgehead atoms. The van der Waals surface area contributed by atoms with Gasteiger partial charge < -0.3 is 5.73 Å². The summed E-state index contributed by atoms with van der Waals surface area (Å²) in [5.41, 5.74) is 8.69. The summed E-state index contributed by atoms with van der Waals surface area (Å²) in [6.07, 6.45) is 1.75. The van der Waals surface area contributed by atoms with Crippen molar-refractivity contribution in [3.63, 3.8) is 0 Å². The highest BCUT2D eigenvalue weighted by atomic mass is 19.1. The fraction of sp³-hybridized carbons (Fsp3) is 0.0714. The van der Waals surface area contributed by atoms with Crippen molar-refractivity contribution < 1.29 is 4.39 Å². The molecule has 2 N–H and O–H groups in total. The molecule has 0 saturated carbocycles. The topological polar surface area (TPSA) is 43.8 Å². The zero-order chi connectivity index (χ0) is 12.7. The Morgan fingerprint density at radius 3 is 2.72 bits per heavy atom. The normalized spacial score (nSPS) is 11.0. The van der Waals surface area contributed by atoms with Crippen LogP contribution in [0.5, 0.6) is 0 Å². The molecular formula is C14H12FN3. The monoisotopic (exact) mass is 241 g/mol. The van der Waals surface area contributed by atoms with Gasteiger partial charge in [-0.1, -0.05) is 18.2 Å². The maximum atomic E-state index is 13.8. The Balaban J connectivity index is 2.32. The SMILES string of the molecule is Cn1ncc2cc(N)c(-c3ccccc3F)cc21. The third-order valence-electron chi connectivity index (χ3n) is 3.08. The van der Waals surface area contributed by atoms with Crippen molar-refractivity contribution in [2.24, 2.45) is 7.05 Å². The summed E-state index contributed by atoms with van der Waals surface area (Å²) in [6.45, 7) is 0. The lowest BCUT2D eigenvalue weighted by molar-refractivity contribution is 0.631. The predicted molar refractivity (Wildman–Crippen MR) is 70.5 cm³/mol. The molecule has 4 heteroatoms. The fourth-order valence-corrected chi connectivity index (χ4v) is 2.13. The number of fused-ring (bicyclic) bond motifs is 1. The summed E-state index contributed by atoms with van der Waals surface area (Å²) in [7, 11) is 1.85. The number of anilines is 1. The molecule has 0 spiro atoms. The molecule has 2 aromatic carbocycles. The van der Waals surface area contributed by atoms with E-state index >= 15 is 0 Å². The number of aryl methyl sites for hydroxylation is 1. The Morgan fingerprint density at radius 2 is 1.94 bits per heavy atom. The van der Waals surface area contributed by atoms with Crippen LogP contribution in [0.25, 0.3) is 22.0 Å². The largest absolute Gasteiger partial charge is 0.398 e. The smallest absolute Gasteiger partial charge is 0.131 e. The van der Waals surface area contributed by atoms with E-state index in [1.807, 2.05) is 19.2 Å². The Kier molecular flexibility index (Phi) is 2.30. The van der Waals surface area contributed by atoms with Crippen LogP contribution in [0, 0.1) is 5.82 Å². The number of nitrogens with two attached hydrogens (primary N) is 1. The van der Waals surface area contributed by atoms with E-state index in [-0.39, 0.29) is 5.82 Å². The van der Waals surface area contributed by atoms with Crippen molar-refractivity contribution >= 4 is 16.6 Å². The Bertz CT molecular complexity index is 731. The second-order valence-electron chi connectivity index (χ2n) is 4.25. The van der Waals surface area contributed by atoms with Gasteiger partial charge >= 0.3 is 0 Å². The molecule has 1 aromatic heterocycles. The lowest BCUT2D eigenvalue weighted by Crippen LogP contribution is -1.94. The zero-order valence-corrected chi connectivity index (χ0v) is 9.89. The number of nitrogens with zero attached hydrogens (tertiary/aromatic N) is 2. The standard InChI is InChI=1S/C14H12FN3/c1-18-14-7-11(10-4-2-3-5-12(10)15)13(16)6-9(14)8-17-18/h2-8H,16H2,1H3. The van der Waals surface area contributed by atoms with Gasteiger partial charge in [0.15, 0.2) is 0 Å². The van der Waals surface area contributed by atoms with Gasteiger partial charge in [0.05, 0.1) is 11.7 Å². The van der Waals surface area contributed by atoms with Crippen molar-refractivity contribution in [3.05, 3.63) is 48.4 Å². The molecule has 3 nitrogen and oxygen atoms in total. The summed E-state index contributed by atoms with van der Waals surface area (Å²) in [4.78, 5) is 0. The highest BCUT2D eigenvalue weighted by Gasteiger charge is 2.10. The summed E-state index contributed by atoms with van der Waals surface area (Å²) in [5.74, 6) is -0.272. The minimum Gasteiger partial charge on any atom is -0.398 e. The first kappa shape index (κ1) is 10.8. The van der Waals surface area contributed by atoms with E-state index < -0.39 is 0 Å². The van der Waals surface area contributed by atoms with Gasteiger partial charge in [-0.15, -0.1) is 0 Å². The summed E-state index contributed by atoms with van der Waals surface area (Å²) in [5, 5.41) is 5.12. The van der Waals surface area contributed by atoms with Gasteiger partial charge in [0.1, 0.15) is 5.82 Å². The number of halogens is 1. The number of nitrogen functional groups attached to an aromatic ring is 1. The molecule has 0 aliphatic carbocycles. The van der Waals surface area contributed by atoms with Gasteiger partial charge in [-0.25, -0.2) is 4.39 Å². The molecular weight excluding hydrogens is 229 g/mol. The molecule has 0 atom stereocenters. The van der Waals surface area contributed by atoms with E-state index in [2.05, 4.69) is 5.10 Å². The minimum absolute atomic E-state index is 0.272. The van der Waals surface area contributed by atoms with E-state index in [1.165, 1.54) is 6.07 Å². The van der Waals surface area contributed by atoms with E-state index in [4.69, 9.17) is 5.73 Å². The van der Waals surface area contributed by atoms with E-state index in [0.29, 0.717) is 16.8 Å². The minimum atomic E-state index is -0.272. The first-order chi connectivity index (χ1) is 8.66. The number of rotatable bonds is 1. The lowest BCUT2D eigenvalue weighted by atomic mass is 10.0. The number of hydrogen-bond donors (Lipinski definition) is 1. The summed E-state index contributed by atoms with van der Waals surface area (Å²) < 4.78 is 15.6. The maximum Gasteiger partial charge on any atom is 0.131 e. The Morgan fingerprint density at radius 1 is 1.17 bits per heavy atom. The van der Waals surface area contributed by atoms with Crippen molar-refractivity contribution in [1.29, 1.82) is 0 Å². The molecule has 0 aliphatic rings. The molecule has 3 rings (SSSR count). The van der Waals surface area contributed by atoms with E-state index in [0.717, 1.165) is 10.9 Å². The van der Waals surface area contributed by atoms with Crippen molar-refractivity contribution in [2.45, 2.75) is 0 Å². The second kappa shape index (κ2) is 3.84. The number of aromatic nitrogens is 2. The third kappa shape index (κ3) is 1.54. The van der Waals surface area contributed by atoms with Crippen LogP contribution in [0.2, 0.25) is 0 Å². The molecule has 90 valence electrons. The van der Waals surface area contributed by atoms with Crippen LogP contribution >= 0.6 is 0 Å². The maximum absolute atomic E-state index is 13.8. The van der Waals surface area contributed by atoms with Crippen molar-refractivity contribution in [2.75, 3.05) is 5.73 Å². The van der Waals surface area contributed by atoms with Gasteiger partial charge in [-0.05, 0) is 18.2 Å². The molecule has 0 aliphatic heterocycles. The zero-order valence-electron chi connectivity index (χ0n) is 9.89. The summed E-state index contributed by atoms with van der Waals surface area (Å²) in [6, 6.07) is 10.3.